The Kier molecular flexibility index (Phi) is 2.61. The zero-order valence-corrected chi connectivity index (χ0v) is 7.41. The molecule has 1 rings (SSSR count). The van der Waals surface area contributed by atoms with Crippen LogP contribution in [0.15, 0.2) is 30.5 Å². The van der Waals surface area contributed by atoms with E-state index in [1.54, 1.807) is 13.1 Å². The number of aliphatic hydroxyl groups is 1. The fourth-order valence-corrected chi connectivity index (χ4v) is 0.962. The van der Waals surface area contributed by atoms with E-state index in [1.165, 1.54) is 0 Å². The second-order valence-electron chi connectivity index (χ2n) is 3.01. The Bertz CT molecular complexity index is 294. The van der Waals surface area contributed by atoms with Crippen LogP contribution in [-0.2, 0) is 0 Å². The summed E-state index contributed by atoms with van der Waals surface area (Å²) < 4.78 is 0. The highest BCUT2D eigenvalue weighted by Crippen LogP contribution is 2.17. The Morgan fingerprint density at radius 1 is 1.67 bits per heavy atom. The normalized spacial score (nSPS) is 12.6. The molecule has 2 heteroatoms. The van der Waals surface area contributed by atoms with Crippen LogP contribution in [0.3, 0.4) is 0 Å². The summed E-state index contributed by atoms with van der Waals surface area (Å²) in [6.07, 6.45) is 1.06. The molecule has 1 unspecified atom stereocenters. The van der Waals surface area contributed by atoms with Crippen LogP contribution in [0.5, 0.6) is 0 Å². The summed E-state index contributed by atoms with van der Waals surface area (Å²) in [6.45, 7) is 7.43. The molecular weight excluding hydrogens is 150 g/mol. The van der Waals surface area contributed by atoms with Gasteiger partial charge in [0.15, 0.2) is 0 Å². The number of hydrogen-bond acceptors (Lipinski definition) is 2. The number of aromatic nitrogens is 1. The van der Waals surface area contributed by atoms with Gasteiger partial charge in [-0.1, -0.05) is 6.58 Å². The first-order chi connectivity index (χ1) is 5.61. The van der Waals surface area contributed by atoms with Gasteiger partial charge >= 0.3 is 0 Å². The van der Waals surface area contributed by atoms with Gasteiger partial charge in [0.25, 0.3) is 0 Å². The smallest absolute Gasteiger partial charge is 0.116 e. The van der Waals surface area contributed by atoms with E-state index in [0.29, 0.717) is 11.3 Å². The molecule has 0 bridgehead atoms. The van der Waals surface area contributed by atoms with E-state index in [-0.39, 0.29) is 0 Å². The number of aliphatic hydroxyl groups excluding tert-OH is 1. The number of hydrogen-bond donors (Lipinski definition) is 1. The Balaban J connectivity index is 2.95. The summed E-state index contributed by atoms with van der Waals surface area (Å²) in [5.41, 5.74) is 2.48. The third-order valence-corrected chi connectivity index (χ3v) is 1.68. The molecule has 0 aliphatic carbocycles. The van der Waals surface area contributed by atoms with Crippen molar-refractivity contribution in [2.24, 2.45) is 0 Å². The van der Waals surface area contributed by atoms with Crippen LogP contribution >= 0.6 is 0 Å². The Hall–Kier alpha value is -1.15. The van der Waals surface area contributed by atoms with Crippen LogP contribution in [0.2, 0.25) is 0 Å². The van der Waals surface area contributed by atoms with Crippen molar-refractivity contribution in [3.05, 3.63) is 41.7 Å². The van der Waals surface area contributed by atoms with Crippen LogP contribution in [0.1, 0.15) is 24.3 Å². The summed E-state index contributed by atoms with van der Waals surface area (Å²) in [5.74, 6) is 0. The fourth-order valence-electron chi connectivity index (χ4n) is 0.962. The van der Waals surface area contributed by atoms with Gasteiger partial charge in [0.2, 0.25) is 0 Å². The first-order valence-corrected chi connectivity index (χ1v) is 3.87. The van der Waals surface area contributed by atoms with Crippen LogP contribution in [0.25, 0.3) is 0 Å². The van der Waals surface area contributed by atoms with Crippen molar-refractivity contribution < 1.29 is 5.11 Å². The summed E-state index contributed by atoms with van der Waals surface area (Å²) in [6, 6.07) is 3.76. The van der Waals surface area contributed by atoms with E-state index < -0.39 is 6.10 Å². The average molecular weight is 163 g/mol. The molecule has 1 atom stereocenters. The van der Waals surface area contributed by atoms with Crippen LogP contribution < -0.4 is 0 Å². The predicted molar refractivity (Wildman–Crippen MR) is 48.7 cm³/mol. The minimum Gasteiger partial charge on any atom is -0.382 e. The van der Waals surface area contributed by atoms with Gasteiger partial charge in [-0.15, -0.1) is 0 Å². The molecule has 1 heterocycles. The van der Waals surface area contributed by atoms with Gasteiger partial charge in [-0.3, -0.25) is 4.98 Å². The van der Waals surface area contributed by atoms with Crippen molar-refractivity contribution in [2.45, 2.75) is 20.0 Å². The van der Waals surface area contributed by atoms with E-state index in [0.717, 1.165) is 5.56 Å². The van der Waals surface area contributed by atoms with Crippen molar-refractivity contribution in [1.82, 2.24) is 4.98 Å². The first kappa shape index (κ1) is 8.94. The highest BCUT2D eigenvalue weighted by atomic mass is 16.3. The molecule has 0 saturated carbocycles. The molecule has 1 aromatic rings. The Morgan fingerprint density at radius 3 is 2.83 bits per heavy atom. The molecule has 64 valence electrons. The molecule has 0 saturated heterocycles. The van der Waals surface area contributed by atoms with E-state index >= 15 is 0 Å². The standard InChI is InChI=1S/C10H13NO/c1-7(2)10(12)9-6-8(3)4-5-11-9/h4-6,10,12H,1H2,2-3H3. The van der Waals surface area contributed by atoms with E-state index in [1.807, 2.05) is 19.1 Å². The van der Waals surface area contributed by atoms with Gasteiger partial charge in [0.05, 0.1) is 5.69 Å². The molecule has 1 aromatic heterocycles. The van der Waals surface area contributed by atoms with Crippen LogP contribution in [0, 0.1) is 6.92 Å². The van der Waals surface area contributed by atoms with Gasteiger partial charge < -0.3 is 5.11 Å². The van der Waals surface area contributed by atoms with E-state index in [9.17, 15) is 5.11 Å². The van der Waals surface area contributed by atoms with E-state index in [2.05, 4.69) is 11.6 Å². The maximum Gasteiger partial charge on any atom is 0.116 e. The minimum atomic E-state index is -0.634. The minimum absolute atomic E-state index is 0.634. The van der Waals surface area contributed by atoms with Crippen molar-refractivity contribution in [1.29, 1.82) is 0 Å². The third kappa shape index (κ3) is 1.92. The summed E-state index contributed by atoms with van der Waals surface area (Å²) >= 11 is 0. The molecule has 0 spiro atoms. The summed E-state index contributed by atoms with van der Waals surface area (Å²) in [7, 11) is 0. The van der Waals surface area contributed by atoms with E-state index in [4.69, 9.17) is 0 Å². The highest BCUT2D eigenvalue weighted by molar-refractivity contribution is 5.21. The van der Waals surface area contributed by atoms with Crippen molar-refractivity contribution in [3.63, 3.8) is 0 Å². The highest BCUT2D eigenvalue weighted by Gasteiger charge is 2.08. The molecule has 2 nitrogen and oxygen atoms in total. The first-order valence-electron chi connectivity index (χ1n) is 3.87. The lowest BCUT2D eigenvalue weighted by Crippen LogP contribution is -2.00. The SMILES string of the molecule is C=C(C)C(O)c1cc(C)ccn1. The van der Waals surface area contributed by atoms with Crippen molar-refractivity contribution in [2.75, 3.05) is 0 Å². The predicted octanol–water partition coefficient (Wildman–Crippen LogP) is 2.00. The number of aryl methyl sites for hydroxylation is 1. The van der Waals surface area contributed by atoms with Gasteiger partial charge in [0.1, 0.15) is 6.10 Å². The summed E-state index contributed by atoms with van der Waals surface area (Å²) in [5, 5.41) is 9.56. The number of pyridine rings is 1. The molecule has 0 aliphatic heterocycles. The molecular formula is C10H13NO. The van der Waals surface area contributed by atoms with Crippen LogP contribution in [-0.4, -0.2) is 10.1 Å². The maximum atomic E-state index is 9.56. The molecule has 0 aromatic carbocycles. The lowest BCUT2D eigenvalue weighted by Gasteiger charge is -2.09. The Labute approximate surface area is 72.6 Å². The third-order valence-electron chi connectivity index (χ3n) is 1.68. The fraction of sp³-hybridized carbons (Fsp3) is 0.300. The van der Waals surface area contributed by atoms with Gasteiger partial charge in [-0.25, -0.2) is 0 Å². The second-order valence-corrected chi connectivity index (χ2v) is 3.01. The quantitative estimate of drug-likeness (QED) is 0.676. The molecule has 0 aliphatic rings. The van der Waals surface area contributed by atoms with Gasteiger partial charge in [0, 0.05) is 6.20 Å². The second kappa shape index (κ2) is 3.50. The Morgan fingerprint density at radius 2 is 2.33 bits per heavy atom. The average Bonchev–Trinajstić information content (AvgIpc) is 2.03. The zero-order chi connectivity index (χ0) is 9.14. The molecule has 12 heavy (non-hydrogen) atoms. The maximum absolute atomic E-state index is 9.56. The molecule has 1 N–H and O–H groups in total. The molecule has 0 amide bonds. The topological polar surface area (TPSA) is 33.1 Å². The van der Waals surface area contributed by atoms with Crippen molar-refractivity contribution in [3.8, 4) is 0 Å². The molecule has 0 fully saturated rings. The van der Waals surface area contributed by atoms with Gasteiger partial charge in [-0.2, -0.15) is 0 Å². The summed E-state index contributed by atoms with van der Waals surface area (Å²) in [4.78, 5) is 4.05. The largest absolute Gasteiger partial charge is 0.382 e. The lowest BCUT2D eigenvalue weighted by atomic mass is 10.1. The monoisotopic (exact) mass is 163 g/mol. The van der Waals surface area contributed by atoms with Crippen LogP contribution in [0.4, 0.5) is 0 Å². The number of rotatable bonds is 2. The lowest BCUT2D eigenvalue weighted by molar-refractivity contribution is 0.211. The van der Waals surface area contributed by atoms with Gasteiger partial charge in [-0.05, 0) is 37.1 Å². The molecule has 0 radical (unpaired) electrons. The zero-order valence-electron chi connectivity index (χ0n) is 7.41. The van der Waals surface area contributed by atoms with Crippen molar-refractivity contribution >= 4 is 0 Å². The number of nitrogens with zero attached hydrogens (tertiary/aromatic N) is 1.